The maximum absolute atomic E-state index is 11.3. The van der Waals surface area contributed by atoms with Crippen LogP contribution in [0.4, 0.5) is 0 Å². The summed E-state index contributed by atoms with van der Waals surface area (Å²) in [5.41, 5.74) is 0.424. The van der Waals surface area contributed by atoms with Crippen molar-refractivity contribution in [3.63, 3.8) is 0 Å². The van der Waals surface area contributed by atoms with E-state index in [1.54, 1.807) is 0 Å². The van der Waals surface area contributed by atoms with Crippen LogP contribution in [0.3, 0.4) is 0 Å². The molecule has 6 rings (SSSR count). The Hall–Kier alpha value is -0.860. The van der Waals surface area contributed by atoms with Gasteiger partial charge in [0, 0.05) is 18.3 Å². The maximum atomic E-state index is 11.3. The van der Waals surface area contributed by atoms with E-state index in [1.807, 2.05) is 6.92 Å². The molecule has 1 N–H and O–H groups in total. The Kier molecular flexibility index (Phi) is 3.15. The van der Waals surface area contributed by atoms with Gasteiger partial charge < -0.3 is 19.3 Å². The molecule has 146 valence electrons. The molecule has 27 heavy (non-hydrogen) atoms. The molecule has 0 aromatic carbocycles. The second-order valence-corrected chi connectivity index (χ2v) is 10.0. The van der Waals surface area contributed by atoms with Crippen molar-refractivity contribution in [2.75, 3.05) is 13.2 Å². The molecular weight excluding hydrogens is 340 g/mol. The van der Waals surface area contributed by atoms with E-state index in [2.05, 4.69) is 24.8 Å². The fraction of sp³-hybridized carbons (Fsp3) is 0.826. The van der Waals surface area contributed by atoms with Crippen LogP contribution in [0.1, 0.15) is 65.2 Å². The van der Waals surface area contributed by atoms with E-state index in [4.69, 9.17) is 14.2 Å². The molecule has 0 radical (unpaired) electrons. The smallest absolute Gasteiger partial charge is 0.171 e. The minimum absolute atomic E-state index is 0.0657. The first-order valence-corrected chi connectivity index (χ1v) is 10.8. The normalized spacial score (nSPS) is 54.1. The SMILES string of the molecule is CC#CC1(O)CC[C@@H]2[C@@H]3CC[C@]45CC6(CC[C@]4(O5)C3=CC[C@@]21C)OCCO6. The highest BCUT2D eigenvalue weighted by atomic mass is 16.7. The first-order chi connectivity index (χ1) is 12.9. The van der Waals surface area contributed by atoms with E-state index in [1.165, 1.54) is 5.57 Å². The lowest BCUT2D eigenvalue weighted by atomic mass is 9.53. The average molecular weight is 370 g/mol. The molecule has 4 aliphatic carbocycles. The average Bonchev–Trinajstić information content (AvgIpc) is 2.99. The van der Waals surface area contributed by atoms with Crippen molar-refractivity contribution in [2.24, 2.45) is 17.3 Å². The highest BCUT2D eigenvalue weighted by molar-refractivity contribution is 5.44. The van der Waals surface area contributed by atoms with Gasteiger partial charge in [-0.3, -0.25) is 0 Å². The summed E-state index contributed by atoms with van der Waals surface area (Å²) < 4.78 is 18.7. The molecule has 0 aromatic rings. The molecule has 2 saturated heterocycles. The lowest BCUT2D eigenvalue weighted by Gasteiger charge is -2.51. The zero-order chi connectivity index (χ0) is 18.5. The Bertz CT molecular complexity index is 786. The van der Waals surface area contributed by atoms with Gasteiger partial charge in [0.1, 0.15) is 16.8 Å². The Morgan fingerprint density at radius 3 is 2.70 bits per heavy atom. The summed E-state index contributed by atoms with van der Waals surface area (Å²) in [4.78, 5) is 0. The maximum Gasteiger partial charge on any atom is 0.171 e. The van der Waals surface area contributed by atoms with Crippen molar-refractivity contribution in [1.29, 1.82) is 0 Å². The van der Waals surface area contributed by atoms with Crippen LogP contribution in [0, 0.1) is 29.1 Å². The predicted octanol–water partition coefficient (Wildman–Crippen LogP) is 3.33. The summed E-state index contributed by atoms with van der Waals surface area (Å²) in [6, 6.07) is 0. The van der Waals surface area contributed by atoms with Crippen molar-refractivity contribution < 1.29 is 19.3 Å². The lowest BCUT2D eigenvalue weighted by molar-refractivity contribution is -0.185. The fourth-order valence-electron chi connectivity index (χ4n) is 7.76. The Labute approximate surface area is 161 Å². The van der Waals surface area contributed by atoms with Crippen molar-refractivity contribution in [3.05, 3.63) is 11.6 Å². The summed E-state index contributed by atoms with van der Waals surface area (Å²) >= 11 is 0. The van der Waals surface area contributed by atoms with E-state index >= 15 is 0 Å². The first kappa shape index (κ1) is 17.0. The molecule has 3 saturated carbocycles. The van der Waals surface area contributed by atoms with Crippen LogP contribution < -0.4 is 0 Å². The number of rotatable bonds is 0. The van der Waals surface area contributed by atoms with Gasteiger partial charge in [-0.25, -0.2) is 0 Å². The second kappa shape index (κ2) is 5.00. The van der Waals surface area contributed by atoms with Crippen molar-refractivity contribution in [1.82, 2.24) is 0 Å². The number of aliphatic hydroxyl groups is 1. The van der Waals surface area contributed by atoms with E-state index in [-0.39, 0.29) is 22.4 Å². The van der Waals surface area contributed by atoms with Crippen molar-refractivity contribution in [3.8, 4) is 11.8 Å². The van der Waals surface area contributed by atoms with Gasteiger partial charge in [-0.2, -0.15) is 0 Å². The molecule has 5 fully saturated rings. The van der Waals surface area contributed by atoms with E-state index in [9.17, 15) is 5.11 Å². The van der Waals surface area contributed by atoms with Crippen molar-refractivity contribution >= 4 is 0 Å². The Morgan fingerprint density at radius 1 is 1.11 bits per heavy atom. The monoisotopic (exact) mass is 370 g/mol. The summed E-state index contributed by atoms with van der Waals surface area (Å²) in [5.74, 6) is 6.83. The highest BCUT2D eigenvalue weighted by Gasteiger charge is 2.79. The summed E-state index contributed by atoms with van der Waals surface area (Å²) in [7, 11) is 0. The molecule has 2 heterocycles. The van der Waals surface area contributed by atoms with Crippen LogP contribution >= 0.6 is 0 Å². The van der Waals surface area contributed by atoms with Gasteiger partial charge in [0.05, 0.1) is 13.2 Å². The highest BCUT2D eigenvalue weighted by Crippen LogP contribution is 2.74. The topological polar surface area (TPSA) is 51.2 Å². The minimum atomic E-state index is -0.840. The van der Waals surface area contributed by atoms with Crippen LogP contribution in [0.15, 0.2) is 11.6 Å². The standard InChI is InChI=1S/C23H30O4/c1-3-7-20(24)9-6-17-16-4-10-21-15-22(25-13-14-26-22)11-12-23(21,27-21)18(16)5-8-19(17,20)2/h5,16-17,24H,4,6,8-15H2,1-2H3/t16-,17+,19-,20?,21-,23-/m0/s1. The number of ether oxygens (including phenoxy) is 3. The van der Waals surface area contributed by atoms with Crippen LogP contribution in [-0.2, 0) is 14.2 Å². The fourth-order valence-corrected chi connectivity index (χ4v) is 7.76. The van der Waals surface area contributed by atoms with E-state index in [0.29, 0.717) is 25.0 Å². The molecule has 1 spiro atoms. The molecule has 0 aromatic heterocycles. The van der Waals surface area contributed by atoms with Gasteiger partial charge in [-0.15, -0.1) is 5.92 Å². The first-order valence-electron chi connectivity index (χ1n) is 10.8. The minimum Gasteiger partial charge on any atom is -0.377 e. The van der Waals surface area contributed by atoms with Gasteiger partial charge in [0.25, 0.3) is 0 Å². The lowest BCUT2D eigenvalue weighted by Crippen LogP contribution is -2.53. The van der Waals surface area contributed by atoms with Gasteiger partial charge in [0.15, 0.2) is 5.79 Å². The molecule has 6 atom stereocenters. The number of hydrogen-bond acceptors (Lipinski definition) is 4. The zero-order valence-corrected chi connectivity index (χ0v) is 16.5. The molecule has 1 unspecified atom stereocenters. The van der Waals surface area contributed by atoms with Crippen molar-refractivity contribution in [2.45, 2.75) is 87.8 Å². The Morgan fingerprint density at radius 2 is 1.93 bits per heavy atom. The van der Waals surface area contributed by atoms with Gasteiger partial charge in [-0.1, -0.05) is 18.9 Å². The molecule has 0 bridgehead atoms. The number of allylic oxidation sites excluding steroid dienone is 1. The number of fused-ring (bicyclic) bond motifs is 3. The second-order valence-electron chi connectivity index (χ2n) is 10.0. The van der Waals surface area contributed by atoms with E-state index in [0.717, 1.165) is 51.4 Å². The van der Waals surface area contributed by atoms with Gasteiger partial charge in [-0.05, 0) is 62.9 Å². The largest absolute Gasteiger partial charge is 0.377 e. The molecular formula is C23H30O4. The van der Waals surface area contributed by atoms with Gasteiger partial charge >= 0.3 is 0 Å². The van der Waals surface area contributed by atoms with Crippen LogP contribution in [0.5, 0.6) is 0 Å². The molecule has 4 heteroatoms. The van der Waals surface area contributed by atoms with Crippen LogP contribution in [0.2, 0.25) is 0 Å². The molecule has 0 amide bonds. The van der Waals surface area contributed by atoms with Crippen LogP contribution in [0.25, 0.3) is 0 Å². The molecule has 2 aliphatic heterocycles. The Balaban J connectivity index is 1.35. The molecule has 4 nitrogen and oxygen atoms in total. The number of hydrogen-bond donors (Lipinski definition) is 1. The predicted molar refractivity (Wildman–Crippen MR) is 99.7 cm³/mol. The summed E-state index contributed by atoms with van der Waals surface area (Å²) in [6.45, 7) is 5.54. The number of epoxide rings is 1. The van der Waals surface area contributed by atoms with E-state index < -0.39 is 5.60 Å². The summed E-state index contributed by atoms with van der Waals surface area (Å²) in [6.07, 6.45) is 10.3. The molecule has 6 aliphatic rings. The van der Waals surface area contributed by atoms with Crippen LogP contribution in [-0.4, -0.2) is 40.9 Å². The third-order valence-corrected chi connectivity index (χ3v) is 9.16. The quantitative estimate of drug-likeness (QED) is 0.404. The van der Waals surface area contributed by atoms with Gasteiger partial charge in [0.2, 0.25) is 0 Å². The summed E-state index contributed by atoms with van der Waals surface area (Å²) in [5, 5.41) is 11.3. The third kappa shape index (κ3) is 1.86. The zero-order valence-electron chi connectivity index (χ0n) is 16.5. The third-order valence-electron chi connectivity index (χ3n) is 9.16.